The van der Waals surface area contributed by atoms with Gasteiger partial charge in [-0.15, -0.1) is 0 Å². The van der Waals surface area contributed by atoms with Crippen molar-refractivity contribution in [1.82, 2.24) is 20.4 Å². The number of amides is 1. The predicted octanol–water partition coefficient (Wildman–Crippen LogP) is 4.66. The molecule has 0 radical (unpaired) electrons. The molecule has 3 heterocycles. The number of aryl methyl sites for hydroxylation is 1. The summed E-state index contributed by atoms with van der Waals surface area (Å²) in [6.07, 6.45) is 4.02. The molecule has 5 rings (SSSR count). The van der Waals surface area contributed by atoms with Gasteiger partial charge in [0.1, 0.15) is 28.5 Å². The van der Waals surface area contributed by atoms with E-state index in [0.29, 0.717) is 30.2 Å². The molecule has 1 saturated heterocycles. The quantitative estimate of drug-likeness (QED) is 0.433. The van der Waals surface area contributed by atoms with Crippen LogP contribution in [0.3, 0.4) is 0 Å². The second-order valence-corrected chi connectivity index (χ2v) is 8.49. The topological polar surface area (TPSA) is 84.2 Å². The number of hydrogen-bond acceptors (Lipinski definition) is 6. The number of anilines is 1. The second kappa shape index (κ2) is 9.99. The molecule has 174 valence electrons. The van der Waals surface area contributed by atoms with Gasteiger partial charge in [-0.1, -0.05) is 35.5 Å². The van der Waals surface area contributed by atoms with Crippen LogP contribution < -0.4 is 10.2 Å². The zero-order valence-corrected chi connectivity index (χ0v) is 18.8. The van der Waals surface area contributed by atoms with E-state index in [1.54, 1.807) is 12.1 Å². The molecule has 0 aliphatic carbocycles. The lowest BCUT2D eigenvalue weighted by Crippen LogP contribution is -2.30. The molecule has 7 nitrogen and oxygen atoms in total. The molecule has 1 fully saturated rings. The van der Waals surface area contributed by atoms with Gasteiger partial charge in [0.2, 0.25) is 5.91 Å². The van der Waals surface area contributed by atoms with Gasteiger partial charge in [0.05, 0.1) is 0 Å². The van der Waals surface area contributed by atoms with Crippen molar-refractivity contribution in [2.75, 3.05) is 18.0 Å². The Balaban J connectivity index is 1.39. The summed E-state index contributed by atoms with van der Waals surface area (Å²) in [5, 5.41) is 7.91. The average molecular weight is 460 g/mol. The number of nitrogens with one attached hydrogen (secondary N) is 1. The SMILES string of the molecule is O=C(CCc1nc(N2CCCCC2)c2c(-c3ccc(F)cc3)noc2n1)NCc1ccccc1. The first-order valence-electron chi connectivity index (χ1n) is 11.7. The lowest BCUT2D eigenvalue weighted by atomic mass is 10.1. The summed E-state index contributed by atoms with van der Waals surface area (Å²) in [6, 6.07) is 16.0. The summed E-state index contributed by atoms with van der Waals surface area (Å²) in [5.41, 5.74) is 2.78. The fraction of sp³-hybridized carbons (Fsp3) is 0.308. The highest BCUT2D eigenvalue weighted by Gasteiger charge is 2.24. The van der Waals surface area contributed by atoms with Gasteiger partial charge >= 0.3 is 0 Å². The number of piperidine rings is 1. The molecule has 0 atom stereocenters. The number of carbonyl (C=O) groups excluding carboxylic acids is 1. The first kappa shape index (κ1) is 22.0. The van der Waals surface area contributed by atoms with E-state index in [1.807, 2.05) is 30.3 Å². The van der Waals surface area contributed by atoms with Gasteiger partial charge in [-0.3, -0.25) is 4.79 Å². The fourth-order valence-corrected chi connectivity index (χ4v) is 4.24. The number of aromatic nitrogens is 3. The Labute approximate surface area is 197 Å². The van der Waals surface area contributed by atoms with E-state index in [1.165, 1.54) is 18.6 Å². The summed E-state index contributed by atoms with van der Waals surface area (Å²) in [5.74, 6) is 0.947. The molecule has 8 heteroatoms. The Morgan fingerprint density at radius 1 is 1.00 bits per heavy atom. The van der Waals surface area contributed by atoms with E-state index in [4.69, 9.17) is 9.51 Å². The van der Waals surface area contributed by atoms with Crippen LogP contribution in [0.4, 0.5) is 10.2 Å². The highest BCUT2D eigenvalue weighted by atomic mass is 19.1. The van der Waals surface area contributed by atoms with Crippen LogP contribution in [-0.4, -0.2) is 34.1 Å². The number of rotatable bonds is 7. The van der Waals surface area contributed by atoms with Crippen LogP contribution in [0.2, 0.25) is 0 Å². The molecule has 2 aromatic carbocycles. The highest BCUT2D eigenvalue weighted by molar-refractivity contribution is 5.98. The lowest BCUT2D eigenvalue weighted by Gasteiger charge is -2.28. The second-order valence-electron chi connectivity index (χ2n) is 8.49. The van der Waals surface area contributed by atoms with Crippen LogP contribution in [0.25, 0.3) is 22.4 Å². The van der Waals surface area contributed by atoms with E-state index in [2.05, 4.69) is 20.4 Å². The van der Waals surface area contributed by atoms with Crippen molar-refractivity contribution >= 4 is 22.8 Å². The van der Waals surface area contributed by atoms with Gasteiger partial charge < -0.3 is 14.7 Å². The molecule has 34 heavy (non-hydrogen) atoms. The fourth-order valence-electron chi connectivity index (χ4n) is 4.24. The minimum absolute atomic E-state index is 0.0587. The third-order valence-corrected chi connectivity index (χ3v) is 6.04. The molecular formula is C26H26FN5O2. The lowest BCUT2D eigenvalue weighted by molar-refractivity contribution is -0.121. The minimum Gasteiger partial charge on any atom is -0.356 e. The predicted molar refractivity (Wildman–Crippen MR) is 128 cm³/mol. The normalized spacial score (nSPS) is 13.9. The molecule has 0 bridgehead atoms. The van der Waals surface area contributed by atoms with Crippen LogP contribution >= 0.6 is 0 Å². The number of nitrogens with zero attached hydrogens (tertiary/aromatic N) is 4. The first-order chi connectivity index (χ1) is 16.7. The number of halogens is 1. The number of hydrogen-bond donors (Lipinski definition) is 1. The molecule has 1 N–H and O–H groups in total. The van der Waals surface area contributed by atoms with Gasteiger partial charge in [0.25, 0.3) is 5.71 Å². The van der Waals surface area contributed by atoms with Gasteiger partial charge in [-0.2, -0.15) is 4.98 Å². The Morgan fingerprint density at radius 3 is 2.53 bits per heavy atom. The van der Waals surface area contributed by atoms with Crippen molar-refractivity contribution in [1.29, 1.82) is 0 Å². The number of carbonyl (C=O) groups is 1. The standard InChI is InChI=1S/C26H26FN5O2/c27-20-11-9-19(10-12-20)24-23-25(32-15-5-2-6-16-32)29-21(30-26(23)34-31-24)13-14-22(33)28-17-18-7-3-1-4-8-18/h1,3-4,7-12H,2,5-6,13-17H2,(H,28,33). The zero-order valence-electron chi connectivity index (χ0n) is 18.8. The molecule has 4 aromatic rings. The van der Waals surface area contributed by atoms with Gasteiger partial charge in [-0.05, 0) is 49.1 Å². The van der Waals surface area contributed by atoms with Crippen molar-refractivity contribution in [3.05, 3.63) is 71.8 Å². The molecule has 0 spiro atoms. The Hall–Kier alpha value is -3.81. The summed E-state index contributed by atoms with van der Waals surface area (Å²) in [4.78, 5) is 24.1. The van der Waals surface area contributed by atoms with Crippen LogP contribution in [0.1, 0.15) is 37.1 Å². The van der Waals surface area contributed by atoms with Crippen LogP contribution in [0.5, 0.6) is 0 Å². The Kier molecular flexibility index (Phi) is 6.46. The maximum absolute atomic E-state index is 13.5. The third-order valence-electron chi connectivity index (χ3n) is 6.04. The van der Waals surface area contributed by atoms with Crippen LogP contribution in [0.15, 0.2) is 59.1 Å². The molecule has 0 saturated carbocycles. The zero-order chi connectivity index (χ0) is 23.3. The van der Waals surface area contributed by atoms with Gasteiger partial charge in [0, 0.05) is 38.0 Å². The monoisotopic (exact) mass is 459 g/mol. The summed E-state index contributed by atoms with van der Waals surface area (Å²) in [7, 11) is 0. The Bertz CT molecular complexity index is 1270. The molecule has 1 aliphatic heterocycles. The first-order valence-corrected chi connectivity index (χ1v) is 11.7. The maximum atomic E-state index is 13.5. The summed E-state index contributed by atoms with van der Waals surface area (Å²) in [6.45, 7) is 2.26. The molecular weight excluding hydrogens is 433 g/mol. The van der Waals surface area contributed by atoms with Crippen LogP contribution in [0, 0.1) is 5.82 Å². The van der Waals surface area contributed by atoms with Crippen molar-refractivity contribution in [2.24, 2.45) is 0 Å². The molecule has 1 amide bonds. The van der Waals surface area contributed by atoms with Crippen molar-refractivity contribution in [3.63, 3.8) is 0 Å². The number of benzene rings is 2. The van der Waals surface area contributed by atoms with E-state index in [-0.39, 0.29) is 18.1 Å². The van der Waals surface area contributed by atoms with Crippen molar-refractivity contribution in [2.45, 2.75) is 38.6 Å². The van der Waals surface area contributed by atoms with Gasteiger partial charge in [0.15, 0.2) is 0 Å². The molecule has 1 aliphatic rings. The summed E-state index contributed by atoms with van der Waals surface area (Å²) < 4.78 is 19.1. The van der Waals surface area contributed by atoms with E-state index in [9.17, 15) is 9.18 Å². The van der Waals surface area contributed by atoms with Gasteiger partial charge in [-0.25, -0.2) is 9.37 Å². The average Bonchev–Trinajstić information content (AvgIpc) is 3.31. The largest absolute Gasteiger partial charge is 0.356 e. The number of fused-ring (bicyclic) bond motifs is 1. The third kappa shape index (κ3) is 4.90. The maximum Gasteiger partial charge on any atom is 0.263 e. The molecule has 0 unspecified atom stereocenters. The summed E-state index contributed by atoms with van der Waals surface area (Å²) >= 11 is 0. The van der Waals surface area contributed by atoms with Crippen molar-refractivity contribution in [3.8, 4) is 11.3 Å². The molecule has 2 aromatic heterocycles. The van der Waals surface area contributed by atoms with E-state index >= 15 is 0 Å². The van der Waals surface area contributed by atoms with Crippen LogP contribution in [-0.2, 0) is 17.8 Å². The Morgan fingerprint density at radius 2 is 1.76 bits per heavy atom. The van der Waals surface area contributed by atoms with E-state index < -0.39 is 0 Å². The minimum atomic E-state index is -0.308. The smallest absolute Gasteiger partial charge is 0.263 e. The highest BCUT2D eigenvalue weighted by Crippen LogP contribution is 2.35. The van der Waals surface area contributed by atoms with E-state index in [0.717, 1.165) is 48.3 Å². The van der Waals surface area contributed by atoms with Crippen molar-refractivity contribution < 1.29 is 13.7 Å².